The van der Waals surface area contributed by atoms with Gasteiger partial charge in [0.25, 0.3) is 0 Å². The van der Waals surface area contributed by atoms with Crippen LogP contribution in [0.2, 0.25) is 0 Å². The third-order valence-electron chi connectivity index (χ3n) is 5.72. The van der Waals surface area contributed by atoms with E-state index in [0.717, 1.165) is 35.6 Å². The van der Waals surface area contributed by atoms with Crippen LogP contribution in [0.5, 0.6) is 0 Å². The molecule has 4 rings (SSSR count). The van der Waals surface area contributed by atoms with Crippen molar-refractivity contribution in [2.75, 3.05) is 29.9 Å². The van der Waals surface area contributed by atoms with Crippen molar-refractivity contribution in [1.82, 2.24) is 14.8 Å². The Labute approximate surface area is 188 Å². The molecule has 1 N–H and O–H groups in total. The van der Waals surface area contributed by atoms with Crippen molar-refractivity contribution in [2.24, 2.45) is 0 Å². The molecule has 166 valence electrons. The van der Waals surface area contributed by atoms with Crippen molar-refractivity contribution in [1.29, 1.82) is 0 Å². The number of carbonyl (C=O) groups excluding carboxylic acids is 1. The van der Waals surface area contributed by atoms with E-state index in [1.807, 2.05) is 44.2 Å². The second-order valence-corrected chi connectivity index (χ2v) is 7.62. The van der Waals surface area contributed by atoms with Crippen molar-refractivity contribution >= 4 is 17.6 Å². The fourth-order valence-electron chi connectivity index (χ4n) is 4.10. The van der Waals surface area contributed by atoms with Gasteiger partial charge in [-0.25, -0.2) is 9.48 Å². The summed E-state index contributed by atoms with van der Waals surface area (Å²) in [5.41, 5.74) is 4.29. The standard InChI is InChI=1S/C25H29N5O2/c1-5-29(6-2)20-15-13-18(14-16-20)22-21(24(31)32-7-3)17(4)26-25-27-23(28-30(22)25)19-11-9-8-10-12-19/h8-16,22H,5-7H2,1-4H3,(H,26,27,28). The van der Waals surface area contributed by atoms with Gasteiger partial charge in [-0.05, 0) is 45.4 Å². The maximum Gasteiger partial charge on any atom is 0.338 e. The second kappa shape index (κ2) is 9.26. The third kappa shape index (κ3) is 3.98. The molecule has 32 heavy (non-hydrogen) atoms. The highest BCUT2D eigenvalue weighted by Gasteiger charge is 2.35. The lowest BCUT2D eigenvalue weighted by atomic mass is 9.95. The quantitative estimate of drug-likeness (QED) is 0.550. The van der Waals surface area contributed by atoms with Crippen molar-refractivity contribution < 1.29 is 9.53 Å². The zero-order valence-corrected chi connectivity index (χ0v) is 19.0. The molecule has 1 aliphatic heterocycles. The van der Waals surface area contributed by atoms with E-state index in [4.69, 9.17) is 14.8 Å². The smallest absolute Gasteiger partial charge is 0.338 e. The highest BCUT2D eigenvalue weighted by molar-refractivity contribution is 5.92. The van der Waals surface area contributed by atoms with Crippen LogP contribution in [0.15, 0.2) is 65.9 Å². The van der Waals surface area contributed by atoms with E-state index in [1.165, 1.54) is 0 Å². The summed E-state index contributed by atoms with van der Waals surface area (Å²) in [6.45, 7) is 10.1. The van der Waals surface area contributed by atoms with E-state index in [0.29, 0.717) is 24.0 Å². The van der Waals surface area contributed by atoms with Crippen molar-refractivity contribution in [2.45, 2.75) is 33.7 Å². The molecule has 1 unspecified atom stereocenters. The number of rotatable bonds is 7. The summed E-state index contributed by atoms with van der Waals surface area (Å²) in [5, 5.41) is 8.03. The molecule has 0 aliphatic carbocycles. The van der Waals surface area contributed by atoms with Crippen LogP contribution in [0.25, 0.3) is 11.4 Å². The van der Waals surface area contributed by atoms with Gasteiger partial charge in [-0.1, -0.05) is 42.5 Å². The Bertz CT molecular complexity index is 1110. The van der Waals surface area contributed by atoms with Crippen LogP contribution >= 0.6 is 0 Å². The van der Waals surface area contributed by atoms with Gasteiger partial charge in [0.05, 0.1) is 12.2 Å². The van der Waals surface area contributed by atoms with Gasteiger partial charge in [-0.2, -0.15) is 4.98 Å². The number of aromatic nitrogens is 3. The lowest BCUT2D eigenvalue weighted by molar-refractivity contribution is -0.139. The van der Waals surface area contributed by atoms with Crippen molar-refractivity contribution in [3.8, 4) is 11.4 Å². The fourth-order valence-corrected chi connectivity index (χ4v) is 4.10. The summed E-state index contributed by atoms with van der Waals surface area (Å²) in [7, 11) is 0. The molecule has 0 fully saturated rings. The van der Waals surface area contributed by atoms with Crippen LogP contribution in [-0.4, -0.2) is 40.4 Å². The first-order valence-corrected chi connectivity index (χ1v) is 11.1. The van der Waals surface area contributed by atoms with E-state index in [2.05, 4.69) is 48.3 Å². The predicted molar refractivity (Wildman–Crippen MR) is 127 cm³/mol. The molecule has 7 heteroatoms. The number of allylic oxidation sites excluding steroid dienone is 1. The number of fused-ring (bicyclic) bond motifs is 1. The van der Waals surface area contributed by atoms with E-state index in [-0.39, 0.29) is 5.97 Å². The van der Waals surface area contributed by atoms with Gasteiger partial charge in [0.2, 0.25) is 5.95 Å². The van der Waals surface area contributed by atoms with Crippen LogP contribution in [0, 0.1) is 0 Å². The van der Waals surface area contributed by atoms with Crippen LogP contribution in [0.3, 0.4) is 0 Å². The van der Waals surface area contributed by atoms with Crippen LogP contribution in [0.4, 0.5) is 11.6 Å². The summed E-state index contributed by atoms with van der Waals surface area (Å²) < 4.78 is 7.19. The number of anilines is 2. The van der Waals surface area contributed by atoms with E-state index >= 15 is 0 Å². The van der Waals surface area contributed by atoms with Gasteiger partial charge < -0.3 is 15.0 Å². The Morgan fingerprint density at radius 1 is 1.06 bits per heavy atom. The summed E-state index contributed by atoms with van der Waals surface area (Å²) >= 11 is 0. The van der Waals surface area contributed by atoms with Gasteiger partial charge in [-0.15, -0.1) is 5.10 Å². The van der Waals surface area contributed by atoms with E-state index in [9.17, 15) is 4.79 Å². The Hall–Kier alpha value is -3.61. The highest BCUT2D eigenvalue weighted by atomic mass is 16.5. The number of benzene rings is 2. The minimum Gasteiger partial charge on any atom is -0.463 e. The molecule has 0 saturated heterocycles. The molecule has 0 bridgehead atoms. The highest BCUT2D eigenvalue weighted by Crippen LogP contribution is 2.37. The van der Waals surface area contributed by atoms with Crippen LogP contribution < -0.4 is 10.2 Å². The topological polar surface area (TPSA) is 72.3 Å². The van der Waals surface area contributed by atoms with E-state index in [1.54, 1.807) is 4.68 Å². The van der Waals surface area contributed by atoms with Crippen LogP contribution in [-0.2, 0) is 9.53 Å². The van der Waals surface area contributed by atoms with Crippen LogP contribution in [0.1, 0.15) is 39.3 Å². The first kappa shape index (κ1) is 21.6. The monoisotopic (exact) mass is 431 g/mol. The SMILES string of the molecule is CCOC(=O)C1=C(C)Nc2nc(-c3ccccc3)nn2C1c1ccc(N(CC)CC)cc1. The minimum absolute atomic E-state index is 0.308. The minimum atomic E-state index is -0.430. The number of ether oxygens (including phenoxy) is 1. The Kier molecular flexibility index (Phi) is 6.25. The molecule has 1 aromatic heterocycles. The van der Waals surface area contributed by atoms with E-state index < -0.39 is 6.04 Å². The number of esters is 1. The maximum atomic E-state index is 13.0. The molecule has 1 aliphatic rings. The lowest BCUT2D eigenvalue weighted by Crippen LogP contribution is -2.29. The van der Waals surface area contributed by atoms with Gasteiger partial charge >= 0.3 is 5.97 Å². The normalized spacial score (nSPS) is 15.2. The molecule has 0 saturated carbocycles. The predicted octanol–water partition coefficient (Wildman–Crippen LogP) is 4.64. The fraction of sp³-hybridized carbons (Fsp3) is 0.320. The summed E-state index contributed by atoms with van der Waals surface area (Å²) in [6, 6.07) is 17.7. The number of hydrogen-bond acceptors (Lipinski definition) is 6. The number of carbonyl (C=O) groups is 1. The number of hydrogen-bond donors (Lipinski definition) is 1. The molecule has 2 heterocycles. The van der Waals surface area contributed by atoms with Gasteiger partial charge in [-0.3, -0.25) is 0 Å². The molecule has 2 aromatic carbocycles. The zero-order valence-electron chi connectivity index (χ0n) is 19.0. The largest absolute Gasteiger partial charge is 0.463 e. The van der Waals surface area contributed by atoms with Crippen molar-refractivity contribution in [3.05, 3.63) is 71.4 Å². The average Bonchev–Trinajstić information content (AvgIpc) is 3.24. The molecule has 0 radical (unpaired) electrons. The Balaban J connectivity index is 1.81. The average molecular weight is 432 g/mol. The zero-order chi connectivity index (χ0) is 22.7. The molecule has 7 nitrogen and oxygen atoms in total. The first-order valence-electron chi connectivity index (χ1n) is 11.1. The number of nitrogens with zero attached hydrogens (tertiary/aromatic N) is 4. The van der Waals surface area contributed by atoms with Crippen molar-refractivity contribution in [3.63, 3.8) is 0 Å². The molecule has 1 atom stereocenters. The number of nitrogens with one attached hydrogen (secondary N) is 1. The Morgan fingerprint density at radius 2 is 1.75 bits per heavy atom. The summed E-state index contributed by atoms with van der Waals surface area (Å²) in [4.78, 5) is 19.9. The third-order valence-corrected chi connectivity index (χ3v) is 5.72. The summed E-state index contributed by atoms with van der Waals surface area (Å²) in [5.74, 6) is 0.862. The Morgan fingerprint density at radius 3 is 2.38 bits per heavy atom. The molecular formula is C25H29N5O2. The lowest BCUT2D eigenvalue weighted by Gasteiger charge is -2.28. The van der Waals surface area contributed by atoms with Gasteiger partial charge in [0.15, 0.2) is 5.82 Å². The van der Waals surface area contributed by atoms with Gasteiger partial charge in [0, 0.05) is 30.0 Å². The first-order chi connectivity index (χ1) is 15.6. The van der Waals surface area contributed by atoms with Gasteiger partial charge in [0.1, 0.15) is 6.04 Å². The molecule has 0 amide bonds. The molecular weight excluding hydrogens is 402 g/mol. The maximum absolute atomic E-state index is 13.0. The second-order valence-electron chi connectivity index (χ2n) is 7.62. The molecule has 0 spiro atoms. The summed E-state index contributed by atoms with van der Waals surface area (Å²) in [6.07, 6.45) is 0. The molecule has 3 aromatic rings.